The van der Waals surface area contributed by atoms with Gasteiger partial charge in [0.05, 0.1) is 0 Å². The number of piperidine rings is 1. The lowest BCUT2D eigenvalue weighted by atomic mass is 9.84. The molecule has 1 saturated heterocycles. The van der Waals surface area contributed by atoms with Crippen LogP contribution in [0.25, 0.3) is 0 Å². The molecule has 0 atom stereocenters. The number of nitrogens with zero attached hydrogens (tertiary/aromatic N) is 1. The molecule has 3 heteroatoms. The second kappa shape index (κ2) is 7.53. The first-order chi connectivity index (χ1) is 12.3. The smallest absolute Gasteiger partial charge is 0.253 e. The molecule has 1 heterocycles. The van der Waals surface area contributed by atoms with E-state index in [1.54, 1.807) is 24.3 Å². The number of hydrogen-bond acceptors (Lipinski definition) is 2. The number of benzene rings is 2. The van der Waals surface area contributed by atoms with Gasteiger partial charge in [0.1, 0.15) is 5.75 Å². The molecule has 0 bridgehead atoms. The molecule has 3 rings (SSSR count). The van der Waals surface area contributed by atoms with Crippen LogP contribution in [0.15, 0.2) is 48.5 Å². The van der Waals surface area contributed by atoms with Crippen molar-refractivity contribution >= 4 is 5.91 Å². The molecule has 0 unspecified atom stereocenters. The van der Waals surface area contributed by atoms with E-state index in [-0.39, 0.29) is 17.1 Å². The quantitative estimate of drug-likeness (QED) is 0.845. The third-order valence-electron chi connectivity index (χ3n) is 5.03. The number of likely N-dealkylation sites (tertiary alicyclic amines) is 1. The Morgan fingerprint density at radius 1 is 1.08 bits per heavy atom. The molecule has 1 aliphatic rings. The van der Waals surface area contributed by atoms with Crippen molar-refractivity contribution in [1.82, 2.24) is 4.90 Å². The van der Waals surface area contributed by atoms with E-state index >= 15 is 0 Å². The van der Waals surface area contributed by atoms with E-state index in [1.807, 2.05) is 4.90 Å². The number of carbonyl (C=O) groups excluding carboxylic acids is 1. The average molecular weight is 351 g/mol. The van der Waals surface area contributed by atoms with Crippen LogP contribution in [-0.4, -0.2) is 29.0 Å². The fraction of sp³-hybridized carbons (Fsp3) is 0.435. The van der Waals surface area contributed by atoms with Gasteiger partial charge in [-0.1, -0.05) is 51.1 Å². The van der Waals surface area contributed by atoms with Gasteiger partial charge in [-0.25, -0.2) is 0 Å². The highest BCUT2D eigenvalue weighted by Crippen LogP contribution is 2.30. The molecule has 0 radical (unpaired) electrons. The van der Waals surface area contributed by atoms with Crippen LogP contribution in [0.3, 0.4) is 0 Å². The van der Waals surface area contributed by atoms with Crippen molar-refractivity contribution < 1.29 is 9.90 Å². The lowest BCUT2D eigenvalue weighted by Crippen LogP contribution is -2.37. The Hall–Kier alpha value is -2.29. The second-order valence-electron chi connectivity index (χ2n) is 8.60. The highest BCUT2D eigenvalue weighted by atomic mass is 16.3. The summed E-state index contributed by atoms with van der Waals surface area (Å²) in [6.45, 7) is 8.34. The largest absolute Gasteiger partial charge is 0.508 e. The molecule has 2 aromatic carbocycles. The standard InChI is InChI=1S/C23H29NO2/c1-23(2,3)16-17-6-4-7-19(14-17)18-10-12-24(13-11-18)22(26)20-8-5-9-21(25)15-20/h4-9,14-15,18,25H,10-13,16H2,1-3H3. The summed E-state index contributed by atoms with van der Waals surface area (Å²) in [6, 6.07) is 15.6. The molecule has 1 N–H and O–H groups in total. The average Bonchev–Trinajstić information content (AvgIpc) is 2.60. The van der Waals surface area contributed by atoms with Gasteiger partial charge in [0, 0.05) is 18.7 Å². The molecule has 26 heavy (non-hydrogen) atoms. The van der Waals surface area contributed by atoms with Crippen LogP contribution >= 0.6 is 0 Å². The monoisotopic (exact) mass is 351 g/mol. The highest BCUT2D eigenvalue weighted by molar-refractivity contribution is 5.94. The van der Waals surface area contributed by atoms with Crippen molar-refractivity contribution in [2.45, 2.75) is 46.0 Å². The van der Waals surface area contributed by atoms with Crippen LogP contribution in [0.2, 0.25) is 0 Å². The maximum absolute atomic E-state index is 12.6. The SMILES string of the molecule is CC(C)(C)Cc1cccc(C2CCN(C(=O)c3cccc(O)c3)CC2)c1. The first-order valence-corrected chi connectivity index (χ1v) is 9.49. The van der Waals surface area contributed by atoms with Gasteiger partial charge in [0.15, 0.2) is 0 Å². The number of amides is 1. The van der Waals surface area contributed by atoms with E-state index in [2.05, 4.69) is 45.0 Å². The molecule has 3 nitrogen and oxygen atoms in total. The predicted octanol–water partition coefficient (Wildman–Crippen LogP) is 5.00. The molecule has 138 valence electrons. The van der Waals surface area contributed by atoms with Gasteiger partial charge in [0.2, 0.25) is 0 Å². The van der Waals surface area contributed by atoms with E-state index in [0.717, 1.165) is 32.4 Å². The summed E-state index contributed by atoms with van der Waals surface area (Å²) >= 11 is 0. The van der Waals surface area contributed by atoms with Crippen LogP contribution in [0.4, 0.5) is 0 Å². The minimum atomic E-state index is 0.0147. The molecule has 1 fully saturated rings. The van der Waals surface area contributed by atoms with E-state index < -0.39 is 0 Å². The Kier molecular flexibility index (Phi) is 5.36. The zero-order valence-corrected chi connectivity index (χ0v) is 16.0. The van der Waals surface area contributed by atoms with Gasteiger partial charge >= 0.3 is 0 Å². The molecule has 1 aliphatic heterocycles. The van der Waals surface area contributed by atoms with Crippen molar-refractivity contribution in [3.8, 4) is 5.75 Å². The molecule has 0 aliphatic carbocycles. The van der Waals surface area contributed by atoms with Gasteiger partial charge in [-0.05, 0) is 59.9 Å². The summed E-state index contributed by atoms with van der Waals surface area (Å²) in [5, 5.41) is 9.59. The number of carbonyl (C=O) groups is 1. The molecule has 1 amide bonds. The highest BCUT2D eigenvalue weighted by Gasteiger charge is 2.25. The van der Waals surface area contributed by atoms with Crippen LogP contribution in [-0.2, 0) is 6.42 Å². The van der Waals surface area contributed by atoms with Crippen LogP contribution in [0.1, 0.15) is 61.0 Å². The number of phenols is 1. The first kappa shape index (κ1) is 18.5. The molecular formula is C23H29NO2. The van der Waals surface area contributed by atoms with Crippen LogP contribution in [0, 0.1) is 5.41 Å². The third kappa shape index (κ3) is 4.66. The molecule has 0 saturated carbocycles. The van der Waals surface area contributed by atoms with E-state index in [0.29, 0.717) is 11.5 Å². The molecule has 0 spiro atoms. The summed E-state index contributed by atoms with van der Waals surface area (Å²) in [5.74, 6) is 0.672. The van der Waals surface area contributed by atoms with Crippen molar-refractivity contribution in [1.29, 1.82) is 0 Å². The summed E-state index contributed by atoms with van der Waals surface area (Å²) in [5.41, 5.74) is 3.65. The minimum Gasteiger partial charge on any atom is -0.508 e. The number of phenolic OH excluding ortho intramolecular Hbond substituents is 1. The summed E-state index contributed by atoms with van der Waals surface area (Å²) in [7, 11) is 0. The Morgan fingerprint density at radius 2 is 1.77 bits per heavy atom. The van der Waals surface area contributed by atoms with Gasteiger partial charge < -0.3 is 10.0 Å². The number of rotatable bonds is 3. The number of aromatic hydroxyl groups is 1. The molecule has 0 aromatic heterocycles. The summed E-state index contributed by atoms with van der Waals surface area (Å²) < 4.78 is 0. The fourth-order valence-corrected chi connectivity index (χ4v) is 3.81. The van der Waals surface area contributed by atoms with Crippen LogP contribution < -0.4 is 0 Å². The normalized spacial score (nSPS) is 15.9. The maximum Gasteiger partial charge on any atom is 0.253 e. The van der Waals surface area contributed by atoms with E-state index in [4.69, 9.17) is 0 Å². The van der Waals surface area contributed by atoms with Crippen molar-refractivity contribution in [3.05, 3.63) is 65.2 Å². The molecular weight excluding hydrogens is 322 g/mol. The number of hydrogen-bond donors (Lipinski definition) is 1. The third-order valence-corrected chi connectivity index (χ3v) is 5.03. The Bertz CT molecular complexity index is 768. The van der Waals surface area contributed by atoms with Gasteiger partial charge in [-0.15, -0.1) is 0 Å². The lowest BCUT2D eigenvalue weighted by molar-refractivity contribution is 0.0712. The minimum absolute atomic E-state index is 0.0147. The Labute approximate surface area is 156 Å². The lowest BCUT2D eigenvalue weighted by Gasteiger charge is -2.32. The molecule has 2 aromatic rings. The summed E-state index contributed by atoms with van der Waals surface area (Å²) in [6.07, 6.45) is 3.06. The first-order valence-electron chi connectivity index (χ1n) is 9.49. The van der Waals surface area contributed by atoms with Crippen molar-refractivity contribution in [2.24, 2.45) is 5.41 Å². The topological polar surface area (TPSA) is 40.5 Å². The summed E-state index contributed by atoms with van der Waals surface area (Å²) in [4.78, 5) is 14.5. The van der Waals surface area contributed by atoms with Crippen LogP contribution in [0.5, 0.6) is 5.75 Å². The Balaban J connectivity index is 1.63. The van der Waals surface area contributed by atoms with E-state index in [1.165, 1.54) is 11.1 Å². The second-order valence-corrected chi connectivity index (χ2v) is 8.60. The van der Waals surface area contributed by atoms with Gasteiger partial charge in [0.25, 0.3) is 5.91 Å². The Morgan fingerprint density at radius 3 is 2.42 bits per heavy atom. The van der Waals surface area contributed by atoms with Crippen molar-refractivity contribution in [3.63, 3.8) is 0 Å². The van der Waals surface area contributed by atoms with Gasteiger partial charge in [-0.2, -0.15) is 0 Å². The van der Waals surface area contributed by atoms with Crippen molar-refractivity contribution in [2.75, 3.05) is 13.1 Å². The fourth-order valence-electron chi connectivity index (χ4n) is 3.81. The zero-order valence-electron chi connectivity index (χ0n) is 16.0. The van der Waals surface area contributed by atoms with Gasteiger partial charge in [-0.3, -0.25) is 4.79 Å². The maximum atomic E-state index is 12.6. The van der Waals surface area contributed by atoms with E-state index in [9.17, 15) is 9.90 Å². The predicted molar refractivity (Wildman–Crippen MR) is 106 cm³/mol. The zero-order chi connectivity index (χ0) is 18.7.